The summed E-state index contributed by atoms with van der Waals surface area (Å²) < 4.78 is 2.57. The summed E-state index contributed by atoms with van der Waals surface area (Å²) in [6.07, 6.45) is 9.71. The zero-order valence-electron chi connectivity index (χ0n) is 19.8. The standard InChI is InChI=1S/C30H35N2/c1-4-5-22-32-27-18-15-24-10-6-7-11-26(24)29(27)30(2,3)28(32)19-14-23-12-16-25(17-13-23)31-20-8-9-21-31/h6-7,10-19H,4-5,8-9,20-22H2,1-3H3/q+1. The second-order valence-electron chi connectivity index (χ2n) is 9.82. The molecule has 2 heterocycles. The molecule has 1 saturated heterocycles. The first-order valence-corrected chi connectivity index (χ1v) is 12.3. The van der Waals surface area contributed by atoms with Gasteiger partial charge in [-0.05, 0) is 67.3 Å². The van der Waals surface area contributed by atoms with Gasteiger partial charge in [-0.15, -0.1) is 0 Å². The molecule has 2 heteroatoms. The molecule has 0 radical (unpaired) electrons. The molecule has 0 amide bonds. The molecule has 3 aromatic carbocycles. The van der Waals surface area contributed by atoms with Crippen molar-refractivity contribution in [1.82, 2.24) is 0 Å². The molecule has 0 atom stereocenters. The zero-order chi connectivity index (χ0) is 22.1. The molecule has 0 aliphatic carbocycles. The van der Waals surface area contributed by atoms with Crippen LogP contribution in [0.2, 0.25) is 0 Å². The summed E-state index contributed by atoms with van der Waals surface area (Å²) in [6.45, 7) is 10.5. The van der Waals surface area contributed by atoms with Crippen molar-refractivity contribution in [1.29, 1.82) is 0 Å². The van der Waals surface area contributed by atoms with Gasteiger partial charge in [0, 0.05) is 42.9 Å². The summed E-state index contributed by atoms with van der Waals surface area (Å²) in [7, 11) is 0. The highest BCUT2D eigenvalue weighted by atomic mass is 15.1. The summed E-state index contributed by atoms with van der Waals surface area (Å²) in [5.41, 5.74) is 6.85. The Bertz CT molecular complexity index is 1180. The van der Waals surface area contributed by atoms with Gasteiger partial charge >= 0.3 is 0 Å². The first-order chi connectivity index (χ1) is 15.6. The third-order valence-corrected chi connectivity index (χ3v) is 7.29. The number of rotatable bonds is 6. The van der Waals surface area contributed by atoms with E-state index < -0.39 is 0 Å². The number of unbranched alkanes of at least 4 members (excludes halogenated alkanes) is 1. The predicted octanol–water partition coefficient (Wildman–Crippen LogP) is 7.33. The van der Waals surface area contributed by atoms with Gasteiger partial charge in [0.05, 0.1) is 5.41 Å². The molecular formula is C30H35N2+. The summed E-state index contributed by atoms with van der Waals surface area (Å²) in [5.74, 6) is 0. The number of nitrogens with zero attached hydrogens (tertiary/aromatic N) is 2. The molecule has 0 saturated carbocycles. The van der Waals surface area contributed by atoms with Crippen LogP contribution in [0.3, 0.4) is 0 Å². The normalized spacial score (nSPS) is 17.7. The molecule has 5 rings (SSSR count). The van der Waals surface area contributed by atoms with E-state index in [1.54, 1.807) is 0 Å². The number of fused-ring (bicyclic) bond motifs is 3. The maximum absolute atomic E-state index is 2.57. The largest absolute Gasteiger partial charge is 0.372 e. The van der Waals surface area contributed by atoms with Crippen molar-refractivity contribution in [3.8, 4) is 0 Å². The zero-order valence-corrected chi connectivity index (χ0v) is 19.8. The van der Waals surface area contributed by atoms with E-state index in [1.165, 1.54) is 77.8 Å². The van der Waals surface area contributed by atoms with Gasteiger partial charge in [-0.25, -0.2) is 0 Å². The summed E-state index contributed by atoms with van der Waals surface area (Å²) in [5, 5.41) is 2.72. The van der Waals surface area contributed by atoms with Crippen LogP contribution in [0.15, 0.2) is 66.7 Å². The lowest BCUT2D eigenvalue weighted by Crippen LogP contribution is -2.28. The van der Waals surface area contributed by atoms with E-state index in [-0.39, 0.29) is 5.41 Å². The van der Waals surface area contributed by atoms with Crippen LogP contribution < -0.4 is 4.90 Å². The molecule has 2 aliphatic rings. The van der Waals surface area contributed by atoms with Crippen molar-refractivity contribution in [2.24, 2.45) is 0 Å². The number of benzene rings is 3. The number of hydrogen-bond donors (Lipinski definition) is 0. The van der Waals surface area contributed by atoms with E-state index in [4.69, 9.17) is 0 Å². The number of hydrogen-bond acceptors (Lipinski definition) is 1. The highest BCUT2D eigenvalue weighted by Gasteiger charge is 2.45. The van der Waals surface area contributed by atoms with Crippen molar-refractivity contribution in [3.05, 3.63) is 77.9 Å². The SMILES string of the molecule is CCCC[N+]1=C(C=Cc2ccc(N3CCCC3)cc2)C(C)(C)c2c1ccc1ccccc21. The molecule has 164 valence electrons. The van der Waals surface area contributed by atoms with Crippen LogP contribution in [0.5, 0.6) is 0 Å². The average molecular weight is 424 g/mol. The Hall–Kier alpha value is -2.87. The van der Waals surface area contributed by atoms with Crippen molar-refractivity contribution < 1.29 is 4.58 Å². The van der Waals surface area contributed by atoms with Crippen LogP contribution in [-0.4, -0.2) is 29.9 Å². The molecule has 1 fully saturated rings. The first kappa shape index (κ1) is 21.0. The second kappa shape index (κ2) is 8.58. The molecular weight excluding hydrogens is 388 g/mol. The minimum Gasteiger partial charge on any atom is -0.372 e. The van der Waals surface area contributed by atoms with Crippen LogP contribution in [0.1, 0.15) is 57.6 Å². The number of allylic oxidation sites excluding steroid dienone is 1. The first-order valence-electron chi connectivity index (χ1n) is 12.3. The Balaban J connectivity index is 1.52. The lowest BCUT2D eigenvalue weighted by molar-refractivity contribution is -0.438. The van der Waals surface area contributed by atoms with Gasteiger partial charge in [0.2, 0.25) is 5.69 Å². The van der Waals surface area contributed by atoms with Crippen LogP contribution in [0.25, 0.3) is 16.8 Å². The highest BCUT2D eigenvalue weighted by Crippen LogP contribution is 2.44. The third kappa shape index (κ3) is 3.66. The van der Waals surface area contributed by atoms with Gasteiger partial charge in [0.1, 0.15) is 6.54 Å². The maximum atomic E-state index is 2.57. The van der Waals surface area contributed by atoms with E-state index in [1.807, 2.05) is 0 Å². The van der Waals surface area contributed by atoms with Crippen LogP contribution in [0, 0.1) is 0 Å². The predicted molar refractivity (Wildman–Crippen MR) is 139 cm³/mol. The van der Waals surface area contributed by atoms with Crippen LogP contribution in [-0.2, 0) is 5.41 Å². The van der Waals surface area contributed by atoms with Crippen molar-refractivity contribution in [3.63, 3.8) is 0 Å². The van der Waals surface area contributed by atoms with Crippen LogP contribution in [0.4, 0.5) is 11.4 Å². The van der Waals surface area contributed by atoms with E-state index in [0.29, 0.717) is 0 Å². The van der Waals surface area contributed by atoms with E-state index >= 15 is 0 Å². The van der Waals surface area contributed by atoms with Crippen LogP contribution >= 0.6 is 0 Å². The van der Waals surface area contributed by atoms with E-state index in [9.17, 15) is 0 Å². The Morgan fingerprint density at radius 1 is 0.906 bits per heavy atom. The fraction of sp³-hybridized carbons (Fsp3) is 0.367. The molecule has 0 bridgehead atoms. The summed E-state index contributed by atoms with van der Waals surface area (Å²) in [4.78, 5) is 2.50. The van der Waals surface area contributed by atoms with Gasteiger partial charge in [-0.3, -0.25) is 0 Å². The molecule has 0 aromatic heterocycles. The average Bonchev–Trinajstić information content (AvgIpc) is 3.42. The Labute approximate surface area is 192 Å². The summed E-state index contributed by atoms with van der Waals surface area (Å²) >= 11 is 0. The summed E-state index contributed by atoms with van der Waals surface area (Å²) in [6, 6.07) is 22.6. The maximum Gasteiger partial charge on any atom is 0.210 e. The molecule has 3 aromatic rings. The molecule has 0 unspecified atom stereocenters. The van der Waals surface area contributed by atoms with Crippen molar-refractivity contribution >= 4 is 33.9 Å². The van der Waals surface area contributed by atoms with E-state index in [2.05, 4.69) is 103 Å². The van der Waals surface area contributed by atoms with Gasteiger partial charge < -0.3 is 4.90 Å². The number of anilines is 1. The smallest absolute Gasteiger partial charge is 0.210 e. The molecule has 32 heavy (non-hydrogen) atoms. The quantitative estimate of drug-likeness (QED) is 0.376. The minimum atomic E-state index is -0.0318. The molecule has 0 N–H and O–H groups in total. The molecule has 2 aliphatic heterocycles. The Morgan fingerprint density at radius 2 is 1.66 bits per heavy atom. The third-order valence-electron chi connectivity index (χ3n) is 7.29. The lowest BCUT2D eigenvalue weighted by Gasteiger charge is -2.18. The monoisotopic (exact) mass is 423 g/mol. The fourth-order valence-corrected chi connectivity index (χ4v) is 5.54. The topological polar surface area (TPSA) is 6.25 Å². The Kier molecular flexibility index (Phi) is 5.63. The highest BCUT2D eigenvalue weighted by molar-refractivity contribution is 6.09. The fourth-order valence-electron chi connectivity index (χ4n) is 5.54. The Morgan fingerprint density at radius 3 is 2.41 bits per heavy atom. The van der Waals surface area contributed by atoms with Gasteiger partial charge in [-0.1, -0.05) is 49.7 Å². The van der Waals surface area contributed by atoms with Gasteiger partial charge in [0.15, 0.2) is 5.71 Å². The van der Waals surface area contributed by atoms with Crippen molar-refractivity contribution in [2.45, 2.75) is 51.9 Å². The van der Waals surface area contributed by atoms with Crippen molar-refractivity contribution in [2.75, 3.05) is 24.5 Å². The molecule has 0 spiro atoms. The molecule has 2 nitrogen and oxygen atoms in total. The lowest BCUT2D eigenvalue weighted by atomic mass is 9.79. The van der Waals surface area contributed by atoms with Gasteiger partial charge in [-0.2, -0.15) is 4.58 Å². The second-order valence-corrected chi connectivity index (χ2v) is 9.82. The van der Waals surface area contributed by atoms with Gasteiger partial charge in [0.25, 0.3) is 0 Å². The van der Waals surface area contributed by atoms with E-state index in [0.717, 1.165) is 6.54 Å². The minimum absolute atomic E-state index is 0.0318.